The number of furan rings is 1. The summed E-state index contributed by atoms with van der Waals surface area (Å²) in [5.74, 6) is -1.68. The van der Waals surface area contributed by atoms with Crippen LogP contribution in [0.15, 0.2) is 22.6 Å². The molecule has 1 fully saturated rings. The molecule has 1 aliphatic rings. The maximum Gasteiger partial charge on any atom is 0.286 e. The van der Waals surface area contributed by atoms with E-state index in [9.17, 15) is 14.0 Å². The molecule has 5 nitrogen and oxygen atoms in total. The van der Waals surface area contributed by atoms with Gasteiger partial charge < -0.3 is 15.5 Å². The molecular formula is C16H17FN2O3. The summed E-state index contributed by atoms with van der Waals surface area (Å²) in [4.78, 5) is 23.9. The highest BCUT2D eigenvalue weighted by molar-refractivity contribution is 6.10. The van der Waals surface area contributed by atoms with Crippen LogP contribution in [-0.2, 0) is 4.79 Å². The zero-order chi connectivity index (χ0) is 15.7. The van der Waals surface area contributed by atoms with Crippen LogP contribution < -0.4 is 11.1 Å². The van der Waals surface area contributed by atoms with Gasteiger partial charge in [0.1, 0.15) is 17.1 Å². The Balaban J connectivity index is 1.97. The third-order valence-corrected chi connectivity index (χ3v) is 4.10. The number of hydrogen-bond acceptors (Lipinski definition) is 3. The fraction of sp³-hybridized carbons (Fsp3) is 0.375. The molecule has 1 aliphatic carbocycles. The summed E-state index contributed by atoms with van der Waals surface area (Å²) in [5, 5.41) is 3.06. The Morgan fingerprint density at radius 2 is 1.95 bits per heavy atom. The normalized spacial score (nSPS) is 15.9. The van der Waals surface area contributed by atoms with Crippen molar-refractivity contribution in [1.29, 1.82) is 0 Å². The fourth-order valence-electron chi connectivity index (χ4n) is 2.96. The predicted molar refractivity (Wildman–Crippen MR) is 79.9 cm³/mol. The van der Waals surface area contributed by atoms with Crippen LogP contribution in [0.2, 0.25) is 0 Å². The topological polar surface area (TPSA) is 85.3 Å². The van der Waals surface area contributed by atoms with Crippen molar-refractivity contribution in [2.75, 3.05) is 5.32 Å². The molecule has 0 unspecified atom stereocenters. The van der Waals surface area contributed by atoms with Gasteiger partial charge in [-0.2, -0.15) is 0 Å². The van der Waals surface area contributed by atoms with E-state index in [1.54, 1.807) is 0 Å². The summed E-state index contributed by atoms with van der Waals surface area (Å²) in [5.41, 5.74) is 5.77. The van der Waals surface area contributed by atoms with Crippen LogP contribution in [0.25, 0.3) is 11.0 Å². The van der Waals surface area contributed by atoms with Crippen LogP contribution in [0.5, 0.6) is 0 Å². The lowest BCUT2D eigenvalue weighted by molar-refractivity contribution is -0.120. The standard InChI is InChI=1S/C16H17FN2O3/c17-10-6-7-12-11(8-10)13(14(22-12)15(18)20)19-16(21)9-4-2-1-3-5-9/h6-9H,1-5H2,(H2,18,20)(H,19,21). The van der Waals surface area contributed by atoms with E-state index >= 15 is 0 Å². The van der Waals surface area contributed by atoms with Gasteiger partial charge in [0.15, 0.2) is 0 Å². The number of primary amides is 1. The molecule has 6 heteroatoms. The summed E-state index contributed by atoms with van der Waals surface area (Å²) in [6.07, 6.45) is 4.81. The van der Waals surface area contributed by atoms with E-state index in [2.05, 4.69) is 5.32 Å². The third-order valence-electron chi connectivity index (χ3n) is 4.10. The number of amides is 2. The maximum atomic E-state index is 13.4. The summed E-state index contributed by atoms with van der Waals surface area (Å²) >= 11 is 0. The highest BCUT2D eigenvalue weighted by Crippen LogP contribution is 2.33. The predicted octanol–water partition coefficient (Wildman–Crippen LogP) is 3.19. The van der Waals surface area contributed by atoms with Gasteiger partial charge in [0.05, 0.1) is 0 Å². The number of carbonyl (C=O) groups is 2. The summed E-state index contributed by atoms with van der Waals surface area (Å²) < 4.78 is 18.8. The molecule has 1 aromatic carbocycles. The van der Waals surface area contributed by atoms with E-state index in [1.165, 1.54) is 18.2 Å². The smallest absolute Gasteiger partial charge is 0.286 e. The minimum atomic E-state index is -0.796. The van der Waals surface area contributed by atoms with Gasteiger partial charge >= 0.3 is 0 Å². The maximum absolute atomic E-state index is 13.4. The lowest BCUT2D eigenvalue weighted by atomic mass is 9.88. The molecule has 3 N–H and O–H groups in total. The van der Waals surface area contributed by atoms with Crippen LogP contribution >= 0.6 is 0 Å². The number of halogens is 1. The Morgan fingerprint density at radius 1 is 1.23 bits per heavy atom. The van der Waals surface area contributed by atoms with Crippen LogP contribution in [0, 0.1) is 11.7 Å². The molecule has 0 bridgehead atoms. The molecule has 22 heavy (non-hydrogen) atoms. The van der Waals surface area contributed by atoms with Crippen molar-refractivity contribution in [1.82, 2.24) is 0 Å². The molecular weight excluding hydrogens is 287 g/mol. The Hall–Kier alpha value is -2.37. The number of nitrogens with two attached hydrogens (primary N) is 1. The molecule has 0 aliphatic heterocycles. The molecule has 0 atom stereocenters. The van der Waals surface area contributed by atoms with Gasteiger partial charge in [0.2, 0.25) is 11.7 Å². The molecule has 1 aromatic heterocycles. The number of rotatable bonds is 3. The number of fused-ring (bicyclic) bond motifs is 1. The van der Waals surface area contributed by atoms with E-state index in [1.807, 2.05) is 0 Å². The van der Waals surface area contributed by atoms with Gasteiger partial charge in [-0.1, -0.05) is 19.3 Å². The highest BCUT2D eigenvalue weighted by atomic mass is 19.1. The molecule has 0 radical (unpaired) electrons. The summed E-state index contributed by atoms with van der Waals surface area (Å²) in [6, 6.07) is 3.86. The van der Waals surface area contributed by atoms with Gasteiger partial charge in [0, 0.05) is 11.3 Å². The third kappa shape index (κ3) is 2.68. The number of anilines is 1. The first-order valence-electron chi connectivity index (χ1n) is 7.39. The minimum Gasteiger partial charge on any atom is -0.449 e. The quantitative estimate of drug-likeness (QED) is 0.913. The Bertz CT molecular complexity index is 732. The Labute approximate surface area is 126 Å². The summed E-state index contributed by atoms with van der Waals surface area (Å²) in [7, 11) is 0. The monoisotopic (exact) mass is 304 g/mol. The van der Waals surface area contributed by atoms with Crippen molar-refractivity contribution >= 4 is 28.5 Å². The average molecular weight is 304 g/mol. The Kier molecular flexibility index (Phi) is 3.83. The SMILES string of the molecule is NC(=O)c1oc2ccc(F)cc2c1NC(=O)C1CCCCC1. The zero-order valence-corrected chi connectivity index (χ0v) is 12.0. The van der Waals surface area contributed by atoms with E-state index in [0.29, 0.717) is 11.0 Å². The van der Waals surface area contributed by atoms with E-state index in [0.717, 1.165) is 32.1 Å². The van der Waals surface area contributed by atoms with Gasteiger partial charge in [0.25, 0.3) is 5.91 Å². The fourth-order valence-corrected chi connectivity index (χ4v) is 2.96. The van der Waals surface area contributed by atoms with E-state index in [4.69, 9.17) is 10.2 Å². The largest absolute Gasteiger partial charge is 0.449 e. The molecule has 0 saturated heterocycles. The van der Waals surface area contributed by atoms with Crippen LogP contribution in [-0.4, -0.2) is 11.8 Å². The van der Waals surface area contributed by atoms with Crippen LogP contribution in [0.3, 0.4) is 0 Å². The van der Waals surface area contributed by atoms with Gasteiger partial charge in [-0.05, 0) is 31.0 Å². The van der Waals surface area contributed by atoms with Crippen molar-refractivity contribution in [3.8, 4) is 0 Å². The van der Waals surface area contributed by atoms with Gasteiger partial charge in [-0.15, -0.1) is 0 Å². The van der Waals surface area contributed by atoms with Crippen molar-refractivity contribution < 1.29 is 18.4 Å². The molecule has 0 spiro atoms. The van der Waals surface area contributed by atoms with Crippen molar-refractivity contribution in [2.24, 2.45) is 11.7 Å². The number of carbonyl (C=O) groups excluding carboxylic acids is 2. The zero-order valence-electron chi connectivity index (χ0n) is 12.0. The van der Waals surface area contributed by atoms with Crippen molar-refractivity contribution in [3.63, 3.8) is 0 Å². The second kappa shape index (κ2) is 5.79. The molecule has 116 valence electrons. The number of hydrogen-bond donors (Lipinski definition) is 2. The Morgan fingerprint density at radius 3 is 2.64 bits per heavy atom. The lowest BCUT2D eigenvalue weighted by Gasteiger charge is -2.20. The van der Waals surface area contributed by atoms with Crippen molar-refractivity contribution in [2.45, 2.75) is 32.1 Å². The second-order valence-corrected chi connectivity index (χ2v) is 5.64. The summed E-state index contributed by atoms with van der Waals surface area (Å²) in [6.45, 7) is 0. The first kappa shape index (κ1) is 14.6. The van der Waals surface area contributed by atoms with Crippen LogP contribution in [0.1, 0.15) is 42.7 Å². The van der Waals surface area contributed by atoms with Gasteiger partial charge in [-0.3, -0.25) is 9.59 Å². The van der Waals surface area contributed by atoms with E-state index < -0.39 is 11.7 Å². The van der Waals surface area contributed by atoms with Crippen molar-refractivity contribution in [3.05, 3.63) is 29.8 Å². The molecule has 1 saturated carbocycles. The molecule has 2 aromatic rings. The number of benzene rings is 1. The second-order valence-electron chi connectivity index (χ2n) is 5.64. The molecule has 3 rings (SSSR count). The lowest BCUT2D eigenvalue weighted by Crippen LogP contribution is -2.25. The minimum absolute atomic E-state index is 0.0898. The van der Waals surface area contributed by atoms with Gasteiger partial charge in [-0.25, -0.2) is 4.39 Å². The average Bonchev–Trinajstić information content (AvgIpc) is 2.86. The first-order chi connectivity index (χ1) is 10.6. The number of nitrogens with one attached hydrogen (secondary N) is 1. The molecule has 2 amide bonds. The van der Waals surface area contributed by atoms with E-state index in [-0.39, 0.29) is 23.3 Å². The highest BCUT2D eigenvalue weighted by Gasteiger charge is 2.25. The first-order valence-corrected chi connectivity index (χ1v) is 7.39. The van der Waals surface area contributed by atoms with Crippen LogP contribution in [0.4, 0.5) is 10.1 Å². The molecule has 1 heterocycles.